The zero-order valence-electron chi connectivity index (χ0n) is 17.9. The van der Waals surface area contributed by atoms with Crippen molar-refractivity contribution in [3.8, 4) is 5.75 Å². The number of aromatic nitrogens is 2. The fourth-order valence-corrected chi connectivity index (χ4v) is 6.44. The highest BCUT2D eigenvalue weighted by atomic mass is 32.2. The summed E-state index contributed by atoms with van der Waals surface area (Å²) in [6, 6.07) is 20.9. The van der Waals surface area contributed by atoms with Crippen molar-refractivity contribution in [1.29, 1.82) is 0 Å². The molecule has 4 aromatic rings. The van der Waals surface area contributed by atoms with E-state index >= 15 is 0 Å². The Kier molecular flexibility index (Phi) is 5.96. The van der Waals surface area contributed by atoms with Crippen LogP contribution in [0, 0.1) is 0 Å². The number of hydrogen-bond acceptors (Lipinski definition) is 8. The van der Waals surface area contributed by atoms with E-state index in [9.17, 15) is 8.42 Å². The standard InChI is InChI=1S/C23H22N4O4S2/c1-30-18-9-5-6-10-19(18)32-20-11-12-21(23-22(20)24-31-25-23)33(28,29)27-15-13-26(14-16-27)17-7-3-2-4-8-17/h2-12H,13-16H2,1H3. The molecular formula is C23H22N4O4S2. The van der Waals surface area contributed by atoms with E-state index in [0.29, 0.717) is 31.7 Å². The molecule has 3 aromatic carbocycles. The molecule has 33 heavy (non-hydrogen) atoms. The Bertz CT molecular complexity index is 1370. The van der Waals surface area contributed by atoms with Crippen molar-refractivity contribution in [3.63, 3.8) is 0 Å². The smallest absolute Gasteiger partial charge is 0.245 e. The molecule has 8 nitrogen and oxygen atoms in total. The molecule has 0 aliphatic carbocycles. The summed E-state index contributed by atoms with van der Waals surface area (Å²) in [5.41, 5.74) is 1.74. The van der Waals surface area contributed by atoms with E-state index in [1.54, 1.807) is 19.2 Å². The molecule has 0 radical (unpaired) electrons. The SMILES string of the molecule is COc1ccccc1Sc1ccc(S(=O)(=O)N2CCN(c3ccccc3)CC2)c2nonc12. The summed E-state index contributed by atoms with van der Waals surface area (Å²) in [6.45, 7) is 2.01. The zero-order chi connectivity index (χ0) is 22.8. The number of piperazine rings is 1. The van der Waals surface area contributed by atoms with Crippen molar-refractivity contribution in [2.45, 2.75) is 14.7 Å². The number of hydrogen-bond donors (Lipinski definition) is 0. The normalized spacial score (nSPS) is 15.1. The summed E-state index contributed by atoms with van der Waals surface area (Å²) in [5, 5.41) is 7.94. The number of rotatable bonds is 6. The van der Waals surface area contributed by atoms with Gasteiger partial charge in [0.25, 0.3) is 0 Å². The number of sulfonamides is 1. The highest BCUT2D eigenvalue weighted by Crippen LogP contribution is 2.39. The van der Waals surface area contributed by atoms with Crippen LogP contribution in [0.15, 0.2) is 86.0 Å². The van der Waals surface area contributed by atoms with Gasteiger partial charge in [-0.05, 0) is 46.7 Å². The number of para-hydroxylation sites is 2. The Morgan fingerprint density at radius 1 is 0.848 bits per heavy atom. The average Bonchev–Trinajstić information content (AvgIpc) is 3.35. The molecule has 10 heteroatoms. The Labute approximate surface area is 196 Å². The number of ether oxygens (including phenoxy) is 1. The predicted octanol–water partition coefficient (Wildman–Crippen LogP) is 3.89. The maximum Gasteiger partial charge on any atom is 0.245 e. The lowest BCUT2D eigenvalue weighted by atomic mass is 10.2. The van der Waals surface area contributed by atoms with Gasteiger partial charge in [0, 0.05) is 36.8 Å². The highest BCUT2D eigenvalue weighted by Gasteiger charge is 2.32. The first-order chi connectivity index (χ1) is 16.1. The molecule has 0 saturated carbocycles. The Morgan fingerprint density at radius 2 is 1.55 bits per heavy atom. The van der Waals surface area contributed by atoms with Crippen molar-refractivity contribution in [2.24, 2.45) is 0 Å². The Morgan fingerprint density at radius 3 is 2.30 bits per heavy atom. The molecule has 0 amide bonds. The van der Waals surface area contributed by atoms with Gasteiger partial charge in [-0.2, -0.15) is 4.31 Å². The third-order valence-corrected chi connectivity index (χ3v) is 8.64. The van der Waals surface area contributed by atoms with E-state index < -0.39 is 10.0 Å². The zero-order valence-corrected chi connectivity index (χ0v) is 19.6. The van der Waals surface area contributed by atoms with E-state index in [1.165, 1.54) is 16.1 Å². The monoisotopic (exact) mass is 482 g/mol. The van der Waals surface area contributed by atoms with Gasteiger partial charge in [-0.3, -0.25) is 0 Å². The Balaban J connectivity index is 1.41. The molecule has 0 atom stereocenters. The minimum Gasteiger partial charge on any atom is -0.496 e. The van der Waals surface area contributed by atoms with Crippen LogP contribution in [-0.4, -0.2) is 56.3 Å². The van der Waals surface area contributed by atoms with Crippen LogP contribution in [0.3, 0.4) is 0 Å². The van der Waals surface area contributed by atoms with Gasteiger partial charge in [0.2, 0.25) is 10.0 Å². The van der Waals surface area contributed by atoms with E-state index in [1.807, 2.05) is 54.6 Å². The molecule has 1 aromatic heterocycles. The van der Waals surface area contributed by atoms with Gasteiger partial charge in [0.1, 0.15) is 10.6 Å². The molecule has 0 unspecified atom stereocenters. The highest BCUT2D eigenvalue weighted by molar-refractivity contribution is 7.99. The largest absolute Gasteiger partial charge is 0.496 e. The first-order valence-electron chi connectivity index (χ1n) is 10.4. The average molecular weight is 483 g/mol. The van der Waals surface area contributed by atoms with Gasteiger partial charge in [0.15, 0.2) is 11.0 Å². The lowest BCUT2D eigenvalue weighted by Crippen LogP contribution is -2.48. The summed E-state index contributed by atoms with van der Waals surface area (Å²) in [7, 11) is -2.15. The maximum absolute atomic E-state index is 13.5. The molecule has 0 spiro atoms. The second-order valence-electron chi connectivity index (χ2n) is 7.50. The number of nitrogens with zero attached hydrogens (tertiary/aromatic N) is 4. The van der Waals surface area contributed by atoms with Crippen LogP contribution in [0.2, 0.25) is 0 Å². The number of anilines is 1. The van der Waals surface area contributed by atoms with Gasteiger partial charge in [-0.15, -0.1) is 0 Å². The van der Waals surface area contributed by atoms with Crippen molar-refractivity contribution < 1.29 is 17.8 Å². The minimum absolute atomic E-state index is 0.108. The first-order valence-corrected chi connectivity index (χ1v) is 12.7. The second-order valence-corrected chi connectivity index (χ2v) is 10.5. The predicted molar refractivity (Wildman–Crippen MR) is 126 cm³/mol. The molecule has 1 aliphatic rings. The van der Waals surface area contributed by atoms with Gasteiger partial charge >= 0.3 is 0 Å². The van der Waals surface area contributed by atoms with Crippen molar-refractivity contribution in [1.82, 2.24) is 14.6 Å². The van der Waals surface area contributed by atoms with Gasteiger partial charge < -0.3 is 9.64 Å². The van der Waals surface area contributed by atoms with Crippen molar-refractivity contribution in [3.05, 3.63) is 66.7 Å². The summed E-state index contributed by atoms with van der Waals surface area (Å²) < 4.78 is 38.9. The minimum atomic E-state index is -3.76. The van der Waals surface area contributed by atoms with Crippen molar-refractivity contribution in [2.75, 3.05) is 38.2 Å². The van der Waals surface area contributed by atoms with Crippen LogP contribution in [0.4, 0.5) is 5.69 Å². The summed E-state index contributed by atoms with van der Waals surface area (Å²) in [4.78, 5) is 3.92. The quantitative estimate of drug-likeness (QED) is 0.409. The van der Waals surface area contributed by atoms with Crippen molar-refractivity contribution >= 4 is 38.5 Å². The van der Waals surface area contributed by atoms with Gasteiger partial charge in [-0.25, -0.2) is 13.0 Å². The molecule has 0 N–H and O–H groups in total. The van der Waals surface area contributed by atoms with Crippen LogP contribution < -0.4 is 9.64 Å². The van der Waals surface area contributed by atoms with Crippen LogP contribution in [-0.2, 0) is 10.0 Å². The van der Waals surface area contributed by atoms with Gasteiger partial charge in [0.05, 0.1) is 12.0 Å². The molecule has 2 heterocycles. The molecule has 1 saturated heterocycles. The molecule has 170 valence electrons. The van der Waals surface area contributed by atoms with Crippen LogP contribution in [0.1, 0.15) is 0 Å². The second kappa shape index (κ2) is 9.05. The molecule has 0 bridgehead atoms. The molecule has 5 rings (SSSR count). The topological polar surface area (TPSA) is 88.8 Å². The fraction of sp³-hybridized carbons (Fsp3) is 0.217. The first kappa shape index (κ1) is 21.7. The Hall–Kier alpha value is -3.08. The third kappa shape index (κ3) is 4.17. The third-order valence-electron chi connectivity index (χ3n) is 5.61. The number of benzene rings is 3. The summed E-state index contributed by atoms with van der Waals surface area (Å²) in [5.74, 6) is 0.722. The molecule has 1 fully saturated rings. The summed E-state index contributed by atoms with van der Waals surface area (Å²) in [6.07, 6.45) is 0. The van der Waals surface area contributed by atoms with E-state index in [2.05, 4.69) is 15.2 Å². The lowest BCUT2D eigenvalue weighted by Gasteiger charge is -2.35. The van der Waals surface area contributed by atoms with Gasteiger partial charge in [-0.1, -0.05) is 42.1 Å². The van der Waals surface area contributed by atoms with E-state index in [-0.39, 0.29) is 10.4 Å². The maximum atomic E-state index is 13.5. The summed E-state index contributed by atoms with van der Waals surface area (Å²) >= 11 is 1.42. The van der Waals surface area contributed by atoms with Crippen LogP contribution >= 0.6 is 11.8 Å². The molecule has 1 aliphatic heterocycles. The van der Waals surface area contributed by atoms with Crippen LogP contribution in [0.25, 0.3) is 11.0 Å². The fourth-order valence-electron chi connectivity index (χ4n) is 3.90. The van der Waals surface area contributed by atoms with Crippen LogP contribution in [0.5, 0.6) is 5.75 Å². The number of fused-ring (bicyclic) bond motifs is 1. The number of methoxy groups -OCH3 is 1. The molecular weight excluding hydrogens is 460 g/mol. The lowest BCUT2D eigenvalue weighted by molar-refractivity contribution is 0.314. The van der Waals surface area contributed by atoms with E-state index in [0.717, 1.165) is 21.2 Å². The van der Waals surface area contributed by atoms with E-state index in [4.69, 9.17) is 9.37 Å².